The van der Waals surface area contributed by atoms with Gasteiger partial charge in [-0.15, -0.1) is 0 Å². The van der Waals surface area contributed by atoms with Crippen molar-refractivity contribution < 1.29 is 19.1 Å². The van der Waals surface area contributed by atoms with Gasteiger partial charge in [-0.3, -0.25) is 15.6 Å². The summed E-state index contributed by atoms with van der Waals surface area (Å²) >= 11 is 6.16. The molecule has 2 heterocycles. The highest BCUT2D eigenvalue weighted by Gasteiger charge is 2.55. The van der Waals surface area contributed by atoms with Crippen LogP contribution in [0.4, 0.5) is 20.8 Å². The number of nitrogens with zero attached hydrogens (tertiary/aromatic N) is 4. The van der Waals surface area contributed by atoms with Crippen molar-refractivity contribution in [1.29, 1.82) is 0 Å². The average Bonchev–Trinajstić information content (AvgIpc) is 3.21. The zero-order valence-corrected chi connectivity index (χ0v) is 21.1. The molecule has 12 heteroatoms. The molecule has 0 unspecified atom stereocenters. The molecule has 4 N–H and O–H groups in total. The molecule has 2 aliphatic carbocycles. The maximum atomic E-state index is 15.6. The van der Waals surface area contributed by atoms with Gasteiger partial charge < -0.3 is 20.2 Å². The van der Waals surface area contributed by atoms with Crippen LogP contribution in [0.15, 0.2) is 0 Å². The van der Waals surface area contributed by atoms with Gasteiger partial charge >= 0.3 is 6.09 Å². The first-order valence-electron chi connectivity index (χ1n) is 12.4. The smallest absolute Gasteiger partial charge is 0.404 e. The number of carbonyl (C=O) groups is 2. The van der Waals surface area contributed by atoms with Gasteiger partial charge in [0.05, 0.1) is 5.92 Å². The summed E-state index contributed by atoms with van der Waals surface area (Å²) in [6, 6.07) is 0.123. The van der Waals surface area contributed by atoms with E-state index in [-0.39, 0.29) is 35.0 Å². The quantitative estimate of drug-likeness (QED) is 0.279. The van der Waals surface area contributed by atoms with Crippen molar-refractivity contribution in [3.05, 3.63) is 11.1 Å². The second-order valence-corrected chi connectivity index (χ2v) is 10.5. The molecule has 4 rings (SSSR count). The van der Waals surface area contributed by atoms with Crippen LogP contribution in [0.1, 0.15) is 57.8 Å². The van der Waals surface area contributed by atoms with Gasteiger partial charge in [-0.2, -0.15) is 14.4 Å². The van der Waals surface area contributed by atoms with E-state index in [9.17, 15) is 9.59 Å². The van der Waals surface area contributed by atoms with Gasteiger partial charge in [-0.1, -0.05) is 25.7 Å². The van der Waals surface area contributed by atoms with Crippen LogP contribution in [-0.4, -0.2) is 70.7 Å². The lowest BCUT2D eigenvalue weighted by atomic mass is 9.92. The van der Waals surface area contributed by atoms with Crippen molar-refractivity contribution in [2.24, 2.45) is 11.8 Å². The lowest BCUT2D eigenvalue weighted by Gasteiger charge is -2.37. The Labute approximate surface area is 210 Å². The van der Waals surface area contributed by atoms with E-state index in [0.717, 1.165) is 51.4 Å². The highest BCUT2D eigenvalue weighted by atomic mass is 35.5. The SMILES string of the molecule is CN(C)C1([C@@H]2CCCN2c2nc(Cl)nc(NNC(=O)[C@@H](CNC(=O)O)CC3CCCC3)c2F)CC1. The Morgan fingerprint density at radius 2 is 1.94 bits per heavy atom. The highest BCUT2D eigenvalue weighted by Crippen LogP contribution is 2.49. The Balaban J connectivity index is 1.47. The van der Waals surface area contributed by atoms with Gasteiger partial charge in [0.2, 0.25) is 17.0 Å². The zero-order chi connectivity index (χ0) is 25.2. The topological polar surface area (TPSA) is 123 Å². The minimum Gasteiger partial charge on any atom is -0.465 e. The molecular weight excluding hydrogens is 477 g/mol. The van der Waals surface area contributed by atoms with E-state index >= 15 is 4.39 Å². The first-order chi connectivity index (χ1) is 16.7. The van der Waals surface area contributed by atoms with Crippen molar-refractivity contribution in [3.63, 3.8) is 0 Å². The molecule has 3 aliphatic rings. The molecule has 194 valence electrons. The molecule has 0 radical (unpaired) electrons. The molecular formula is C23H35ClFN7O3. The summed E-state index contributed by atoms with van der Waals surface area (Å²) in [6.07, 6.45) is 7.63. The Kier molecular flexibility index (Phi) is 7.85. The van der Waals surface area contributed by atoms with E-state index < -0.39 is 23.7 Å². The van der Waals surface area contributed by atoms with Gasteiger partial charge in [0.1, 0.15) is 0 Å². The lowest BCUT2D eigenvalue weighted by Crippen LogP contribution is -2.49. The Bertz CT molecular complexity index is 940. The Hall–Kier alpha value is -2.40. The molecule has 10 nitrogen and oxygen atoms in total. The number of aromatic nitrogens is 2. The van der Waals surface area contributed by atoms with Crippen molar-refractivity contribution in [2.45, 2.75) is 69.4 Å². The number of hydrogen-bond acceptors (Lipinski definition) is 7. The van der Waals surface area contributed by atoms with E-state index in [1.54, 1.807) is 0 Å². The summed E-state index contributed by atoms with van der Waals surface area (Å²) in [5.74, 6) is -1.39. The lowest BCUT2D eigenvalue weighted by molar-refractivity contribution is -0.124. The molecule has 1 aromatic rings. The van der Waals surface area contributed by atoms with E-state index in [2.05, 4.69) is 45.1 Å². The molecule has 2 saturated carbocycles. The number of hydrazine groups is 1. The second kappa shape index (κ2) is 10.7. The fraction of sp³-hybridized carbons (Fsp3) is 0.739. The summed E-state index contributed by atoms with van der Waals surface area (Å²) in [4.78, 5) is 36.2. The molecule has 2 atom stereocenters. The second-order valence-electron chi connectivity index (χ2n) is 10.2. The van der Waals surface area contributed by atoms with Crippen molar-refractivity contribution in [3.8, 4) is 0 Å². The van der Waals surface area contributed by atoms with Crippen LogP contribution < -0.4 is 21.1 Å². The first-order valence-corrected chi connectivity index (χ1v) is 12.8. The van der Waals surface area contributed by atoms with E-state index in [0.29, 0.717) is 18.9 Å². The molecule has 1 aromatic heterocycles. The zero-order valence-electron chi connectivity index (χ0n) is 20.3. The number of carbonyl (C=O) groups excluding carboxylic acids is 1. The third-order valence-electron chi connectivity index (χ3n) is 7.87. The number of nitrogens with one attached hydrogen (secondary N) is 3. The summed E-state index contributed by atoms with van der Waals surface area (Å²) in [7, 11) is 4.10. The fourth-order valence-electron chi connectivity index (χ4n) is 5.83. The number of carboxylic acid groups (broad SMARTS) is 1. The summed E-state index contributed by atoms with van der Waals surface area (Å²) in [5.41, 5.74) is 5.10. The number of halogens is 2. The molecule has 0 bridgehead atoms. The van der Waals surface area contributed by atoms with Crippen LogP contribution in [0.25, 0.3) is 0 Å². The van der Waals surface area contributed by atoms with Gasteiger partial charge in [0.15, 0.2) is 11.6 Å². The van der Waals surface area contributed by atoms with Crippen molar-refractivity contribution in [1.82, 2.24) is 25.6 Å². The maximum Gasteiger partial charge on any atom is 0.404 e. The predicted molar refractivity (Wildman–Crippen MR) is 131 cm³/mol. The van der Waals surface area contributed by atoms with Crippen LogP contribution in [0.5, 0.6) is 0 Å². The molecule has 35 heavy (non-hydrogen) atoms. The molecule has 2 amide bonds. The average molecular weight is 512 g/mol. The van der Waals surface area contributed by atoms with Crippen molar-refractivity contribution >= 4 is 35.2 Å². The monoisotopic (exact) mass is 511 g/mol. The van der Waals surface area contributed by atoms with E-state index in [1.165, 1.54) is 0 Å². The van der Waals surface area contributed by atoms with Crippen LogP contribution in [0.3, 0.4) is 0 Å². The van der Waals surface area contributed by atoms with Crippen LogP contribution in [0.2, 0.25) is 5.28 Å². The third kappa shape index (κ3) is 5.72. The highest BCUT2D eigenvalue weighted by molar-refractivity contribution is 6.28. The third-order valence-corrected chi connectivity index (χ3v) is 8.04. The van der Waals surface area contributed by atoms with Gasteiger partial charge in [-0.25, -0.2) is 4.79 Å². The largest absolute Gasteiger partial charge is 0.465 e. The standard InChI is InChI=1S/C23H35ClFN7O3/c1-31(2)23(9-10-23)16-8-5-11-32(16)19-17(25)18(27-21(24)28-19)29-30-20(33)15(13-26-22(34)35)12-14-6-3-4-7-14/h14-16,26H,3-13H2,1-2H3,(H,30,33)(H,34,35)(H,27,28,29)/t15-,16+/m1/s1. The van der Waals surface area contributed by atoms with Crippen molar-refractivity contribution in [2.75, 3.05) is 37.5 Å². The normalized spacial score (nSPS) is 22.3. The molecule has 0 spiro atoms. The Morgan fingerprint density at radius 1 is 1.23 bits per heavy atom. The van der Waals surface area contributed by atoms with Crippen LogP contribution in [-0.2, 0) is 4.79 Å². The number of amides is 2. The minimum absolute atomic E-state index is 0.00672. The summed E-state index contributed by atoms with van der Waals surface area (Å²) in [5, 5.41) is 11.2. The number of hydrogen-bond donors (Lipinski definition) is 4. The van der Waals surface area contributed by atoms with E-state index in [4.69, 9.17) is 16.7 Å². The summed E-state index contributed by atoms with van der Waals surface area (Å²) < 4.78 is 15.6. The van der Waals surface area contributed by atoms with Crippen LogP contribution in [0, 0.1) is 17.7 Å². The number of likely N-dealkylation sites (N-methyl/N-ethyl adjacent to an activating group) is 1. The van der Waals surface area contributed by atoms with Crippen LogP contribution >= 0.6 is 11.6 Å². The molecule has 0 aromatic carbocycles. The molecule has 3 fully saturated rings. The maximum absolute atomic E-state index is 15.6. The summed E-state index contributed by atoms with van der Waals surface area (Å²) in [6.45, 7) is 0.653. The minimum atomic E-state index is -1.19. The predicted octanol–water partition coefficient (Wildman–Crippen LogP) is 3.24. The first kappa shape index (κ1) is 25.7. The molecule has 1 aliphatic heterocycles. The molecule has 1 saturated heterocycles. The fourth-order valence-corrected chi connectivity index (χ4v) is 6.00. The van der Waals surface area contributed by atoms with E-state index in [1.807, 2.05) is 4.90 Å². The van der Waals surface area contributed by atoms with Gasteiger partial charge in [0, 0.05) is 24.7 Å². The number of rotatable bonds is 10. The van der Waals surface area contributed by atoms with Gasteiger partial charge in [-0.05, 0) is 63.7 Å². The Morgan fingerprint density at radius 3 is 2.57 bits per heavy atom. The number of anilines is 2. The van der Waals surface area contributed by atoms with Gasteiger partial charge in [0.25, 0.3) is 0 Å².